The molecule has 0 radical (unpaired) electrons. The van der Waals surface area contributed by atoms with Gasteiger partial charge in [0.15, 0.2) is 5.96 Å². The number of aryl methyl sites for hydroxylation is 1. The van der Waals surface area contributed by atoms with Gasteiger partial charge in [-0.1, -0.05) is 12.1 Å². The van der Waals surface area contributed by atoms with Gasteiger partial charge in [-0.05, 0) is 56.7 Å². The minimum atomic E-state index is -0.538. The molecule has 0 spiro atoms. The average molecular weight is 516 g/mol. The molecular formula is C22H37IN4O2. The zero-order chi connectivity index (χ0) is 19.9. The second-order valence-corrected chi connectivity index (χ2v) is 8.02. The number of anilines is 1. The van der Waals surface area contributed by atoms with E-state index in [0.717, 1.165) is 51.2 Å². The molecule has 0 amide bonds. The van der Waals surface area contributed by atoms with Gasteiger partial charge in [-0.2, -0.15) is 0 Å². The summed E-state index contributed by atoms with van der Waals surface area (Å²) < 4.78 is 5.58. The smallest absolute Gasteiger partial charge is 0.194 e. The van der Waals surface area contributed by atoms with Crippen molar-refractivity contribution in [1.82, 2.24) is 10.2 Å². The molecule has 0 bridgehead atoms. The molecule has 164 valence electrons. The molecule has 1 unspecified atom stereocenters. The van der Waals surface area contributed by atoms with E-state index in [1.807, 2.05) is 0 Å². The first kappa shape index (κ1) is 24.2. The van der Waals surface area contributed by atoms with Crippen molar-refractivity contribution in [3.63, 3.8) is 0 Å². The molecule has 1 aliphatic carbocycles. The number of aliphatic imine (C=N–C) groups is 1. The van der Waals surface area contributed by atoms with E-state index in [1.54, 1.807) is 0 Å². The summed E-state index contributed by atoms with van der Waals surface area (Å²) in [7, 11) is 0. The number of hydrogen-bond donors (Lipinski definition) is 2. The first-order valence-corrected chi connectivity index (χ1v) is 10.7. The van der Waals surface area contributed by atoms with Crippen molar-refractivity contribution >= 4 is 35.6 Å². The zero-order valence-corrected chi connectivity index (χ0v) is 20.4. The quantitative estimate of drug-likeness (QED) is 0.316. The lowest BCUT2D eigenvalue weighted by Crippen LogP contribution is -2.53. The van der Waals surface area contributed by atoms with Crippen molar-refractivity contribution in [2.24, 2.45) is 10.9 Å². The third kappa shape index (κ3) is 7.29. The average Bonchev–Trinajstić information content (AvgIpc) is 3.52. The predicted octanol–water partition coefficient (Wildman–Crippen LogP) is 2.80. The lowest BCUT2D eigenvalue weighted by molar-refractivity contribution is 0.0367. The third-order valence-corrected chi connectivity index (χ3v) is 5.64. The minimum Gasteiger partial charge on any atom is -0.389 e. The van der Waals surface area contributed by atoms with Crippen molar-refractivity contribution in [2.45, 2.75) is 39.7 Å². The normalized spacial score (nSPS) is 18.4. The van der Waals surface area contributed by atoms with Gasteiger partial charge in [-0.3, -0.25) is 4.99 Å². The Kier molecular flexibility index (Phi) is 9.98. The number of halogens is 1. The maximum Gasteiger partial charge on any atom is 0.194 e. The number of hydrogen-bond acceptors (Lipinski definition) is 4. The monoisotopic (exact) mass is 516 g/mol. The number of rotatable bonds is 8. The van der Waals surface area contributed by atoms with Crippen LogP contribution in [0.5, 0.6) is 0 Å². The molecule has 1 aromatic carbocycles. The van der Waals surface area contributed by atoms with Crippen molar-refractivity contribution in [2.75, 3.05) is 57.4 Å². The maximum atomic E-state index is 10.2. The third-order valence-electron chi connectivity index (χ3n) is 5.64. The standard InChI is InChI=1S/C22H36N4O2.HI/c1-4-23-22(24-14-20(27)16-28-15-19-8-9-19)26-12-10-25(11-13-26)21-7-5-6-17(2)18(21)3;/h5-7,19-20,27H,4,8-16H2,1-3H3,(H,23,24);1H. The molecule has 1 aromatic rings. The van der Waals surface area contributed by atoms with E-state index in [2.05, 4.69) is 59.1 Å². The zero-order valence-electron chi connectivity index (χ0n) is 18.1. The molecule has 29 heavy (non-hydrogen) atoms. The SMILES string of the molecule is CCNC(=NCC(O)COCC1CC1)N1CCN(c2cccc(C)c2C)CC1.I. The molecule has 1 saturated carbocycles. The number of guanidine groups is 1. The summed E-state index contributed by atoms with van der Waals surface area (Å²) in [6.07, 6.45) is 2.00. The van der Waals surface area contributed by atoms with Gasteiger partial charge in [0.1, 0.15) is 0 Å². The fourth-order valence-electron chi connectivity index (χ4n) is 3.56. The summed E-state index contributed by atoms with van der Waals surface area (Å²) in [4.78, 5) is 9.42. The summed E-state index contributed by atoms with van der Waals surface area (Å²) in [5.74, 6) is 1.62. The van der Waals surface area contributed by atoms with E-state index in [0.29, 0.717) is 13.2 Å². The fraction of sp³-hybridized carbons (Fsp3) is 0.682. The van der Waals surface area contributed by atoms with E-state index < -0.39 is 6.10 Å². The second-order valence-electron chi connectivity index (χ2n) is 8.02. The van der Waals surface area contributed by atoms with E-state index >= 15 is 0 Å². The van der Waals surface area contributed by atoms with Crippen LogP contribution in [-0.2, 0) is 4.74 Å². The molecule has 7 heteroatoms. The van der Waals surface area contributed by atoms with Crippen LogP contribution in [0.2, 0.25) is 0 Å². The lowest BCUT2D eigenvalue weighted by atomic mass is 10.1. The first-order valence-electron chi connectivity index (χ1n) is 10.7. The Morgan fingerprint density at radius 3 is 2.62 bits per heavy atom. The van der Waals surface area contributed by atoms with Crippen LogP contribution in [0.25, 0.3) is 0 Å². The fourth-order valence-corrected chi connectivity index (χ4v) is 3.56. The Bertz CT molecular complexity index is 658. The van der Waals surface area contributed by atoms with Gasteiger partial charge < -0.3 is 25.0 Å². The molecule has 2 N–H and O–H groups in total. The molecule has 1 atom stereocenters. The Labute approximate surface area is 192 Å². The molecule has 0 aromatic heterocycles. The van der Waals surface area contributed by atoms with Crippen LogP contribution in [0.4, 0.5) is 5.69 Å². The highest BCUT2D eigenvalue weighted by Gasteiger charge is 2.23. The Balaban J connectivity index is 0.00000300. The van der Waals surface area contributed by atoms with Crippen LogP contribution in [0.1, 0.15) is 30.9 Å². The highest BCUT2D eigenvalue weighted by atomic mass is 127. The molecule has 1 aliphatic heterocycles. The molecule has 2 aliphatic rings. The maximum absolute atomic E-state index is 10.2. The van der Waals surface area contributed by atoms with Gasteiger partial charge in [-0.25, -0.2) is 0 Å². The molecule has 2 fully saturated rings. The van der Waals surface area contributed by atoms with Gasteiger partial charge in [0.25, 0.3) is 0 Å². The van der Waals surface area contributed by atoms with Crippen LogP contribution < -0.4 is 10.2 Å². The molecule has 1 saturated heterocycles. The van der Waals surface area contributed by atoms with Gasteiger partial charge >= 0.3 is 0 Å². The van der Waals surface area contributed by atoms with Crippen LogP contribution in [0.15, 0.2) is 23.2 Å². The van der Waals surface area contributed by atoms with Gasteiger partial charge in [0, 0.05) is 45.0 Å². The van der Waals surface area contributed by atoms with Crippen LogP contribution in [-0.4, -0.2) is 74.6 Å². The Hall–Kier alpha value is -1.06. The van der Waals surface area contributed by atoms with Crippen molar-refractivity contribution < 1.29 is 9.84 Å². The van der Waals surface area contributed by atoms with E-state index in [4.69, 9.17) is 4.74 Å². The number of benzene rings is 1. The number of aliphatic hydroxyl groups excluding tert-OH is 1. The lowest BCUT2D eigenvalue weighted by Gasteiger charge is -2.38. The van der Waals surface area contributed by atoms with Gasteiger partial charge in [-0.15, -0.1) is 24.0 Å². The molecule has 1 heterocycles. The first-order chi connectivity index (χ1) is 13.6. The van der Waals surface area contributed by atoms with Crippen LogP contribution >= 0.6 is 24.0 Å². The Morgan fingerprint density at radius 1 is 1.24 bits per heavy atom. The molecule has 3 rings (SSSR count). The summed E-state index contributed by atoms with van der Waals surface area (Å²) in [5.41, 5.74) is 4.04. The highest BCUT2D eigenvalue weighted by molar-refractivity contribution is 14.0. The summed E-state index contributed by atoms with van der Waals surface area (Å²) in [6.45, 7) is 12.6. The van der Waals surface area contributed by atoms with Crippen molar-refractivity contribution in [3.05, 3.63) is 29.3 Å². The number of aliphatic hydroxyl groups is 1. The predicted molar refractivity (Wildman–Crippen MR) is 131 cm³/mol. The highest BCUT2D eigenvalue weighted by Crippen LogP contribution is 2.28. The van der Waals surface area contributed by atoms with Gasteiger partial charge in [0.2, 0.25) is 0 Å². The minimum absolute atomic E-state index is 0. The largest absolute Gasteiger partial charge is 0.389 e. The van der Waals surface area contributed by atoms with E-state index in [1.165, 1.54) is 29.7 Å². The number of ether oxygens (including phenoxy) is 1. The second kappa shape index (κ2) is 12.0. The van der Waals surface area contributed by atoms with E-state index in [9.17, 15) is 5.11 Å². The summed E-state index contributed by atoms with van der Waals surface area (Å²) in [5, 5.41) is 13.5. The molecule has 6 nitrogen and oxygen atoms in total. The number of nitrogens with zero attached hydrogens (tertiary/aromatic N) is 3. The molecular weight excluding hydrogens is 479 g/mol. The number of piperazine rings is 1. The van der Waals surface area contributed by atoms with Crippen molar-refractivity contribution in [3.8, 4) is 0 Å². The summed E-state index contributed by atoms with van der Waals surface area (Å²) in [6, 6.07) is 6.53. The summed E-state index contributed by atoms with van der Waals surface area (Å²) >= 11 is 0. The topological polar surface area (TPSA) is 60.3 Å². The number of nitrogens with one attached hydrogen (secondary N) is 1. The van der Waals surface area contributed by atoms with Crippen molar-refractivity contribution in [1.29, 1.82) is 0 Å². The van der Waals surface area contributed by atoms with Crippen LogP contribution in [0.3, 0.4) is 0 Å². The van der Waals surface area contributed by atoms with Crippen LogP contribution in [0, 0.1) is 19.8 Å². The Morgan fingerprint density at radius 2 is 1.97 bits per heavy atom. The van der Waals surface area contributed by atoms with Gasteiger partial charge in [0.05, 0.1) is 19.3 Å². The van der Waals surface area contributed by atoms with E-state index in [-0.39, 0.29) is 24.0 Å².